The van der Waals surface area contributed by atoms with Crippen LogP contribution in [-0.2, 0) is 10.0 Å². The van der Waals surface area contributed by atoms with Crippen molar-refractivity contribution in [1.29, 1.82) is 5.26 Å². The van der Waals surface area contributed by atoms with E-state index in [1.165, 1.54) is 24.6 Å². The summed E-state index contributed by atoms with van der Waals surface area (Å²) >= 11 is 6.86. The minimum Gasteiger partial charge on any atom is -0.494 e. The Balaban J connectivity index is 1.68. The second-order valence-electron chi connectivity index (χ2n) is 6.26. The topological polar surface area (TPSA) is 153 Å². The number of methoxy groups -OCH3 is 1. The van der Waals surface area contributed by atoms with Gasteiger partial charge in [0.15, 0.2) is 11.5 Å². The van der Waals surface area contributed by atoms with Gasteiger partial charge in [-0.25, -0.2) is 13.1 Å². The van der Waals surface area contributed by atoms with E-state index in [2.05, 4.69) is 15.2 Å². The molecule has 14 heteroatoms. The first-order chi connectivity index (χ1) is 15.3. The smallest absolute Gasteiger partial charge is 0.267 e. The number of carbonyl (C=O) groups excluding carboxylic acids is 1. The van der Waals surface area contributed by atoms with Crippen molar-refractivity contribution < 1.29 is 31.9 Å². The number of amides is 1. The van der Waals surface area contributed by atoms with E-state index >= 15 is 0 Å². The van der Waals surface area contributed by atoms with Gasteiger partial charge in [0.2, 0.25) is 6.79 Å². The highest BCUT2D eigenvalue weighted by Gasteiger charge is 2.30. The highest BCUT2D eigenvalue weighted by atomic mass is 35.5. The quantitative estimate of drug-likeness (QED) is 0.522. The molecule has 0 saturated carbocycles. The van der Waals surface area contributed by atoms with Crippen LogP contribution in [0.3, 0.4) is 0 Å². The van der Waals surface area contributed by atoms with Gasteiger partial charge in [0.05, 0.1) is 7.11 Å². The molecule has 3 heterocycles. The molecule has 4 rings (SSSR count). The number of benzene rings is 1. The molecule has 3 aromatic rings. The summed E-state index contributed by atoms with van der Waals surface area (Å²) in [7, 11) is -2.90. The van der Waals surface area contributed by atoms with Crippen molar-refractivity contribution in [2.75, 3.05) is 23.9 Å². The molecular weight excluding hydrogens is 484 g/mol. The molecule has 0 atom stereocenters. The molecule has 2 aromatic heterocycles. The van der Waals surface area contributed by atoms with Crippen molar-refractivity contribution in [3.8, 4) is 23.3 Å². The Hall–Kier alpha value is -3.47. The van der Waals surface area contributed by atoms with Gasteiger partial charge in [-0.15, -0.1) is 11.3 Å². The molecule has 0 bridgehead atoms. The molecule has 0 saturated heterocycles. The van der Waals surface area contributed by atoms with Crippen LogP contribution in [0.15, 0.2) is 26.9 Å². The summed E-state index contributed by atoms with van der Waals surface area (Å²) in [6.07, 6.45) is 0. The first-order valence-corrected chi connectivity index (χ1v) is 11.4. The minimum atomic E-state index is -4.25. The molecule has 0 unspecified atom stereocenters. The predicted octanol–water partition coefficient (Wildman–Crippen LogP) is 3.36. The van der Waals surface area contributed by atoms with E-state index in [0.29, 0.717) is 11.4 Å². The number of hydrogen-bond acceptors (Lipinski definition) is 10. The fourth-order valence-electron chi connectivity index (χ4n) is 2.85. The Morgan fingerprint density at radius 1 is 1.41 bits per heavy atom. The summed E-state index contributed by atoms with van der Waals surface area (Å²) in [5.41, 5.74) is 0.294. The number of fused-ring (bicyclic) bond motifs is 1. The standard InChI is InChI=1S/C18H13ClN4O7S2/c1-8-13(19)18(30-22-8)23-32(25,26)12-3-4-31-16(12)17(24)21-14-9(6-20)15-11(28-7-29-15)5-10(14)27-2/h3-5,23H,7H2,1-2H3,(H,21,24). The second kappa shape index (κ2) is 8.23. The summed E-state index contributed by atoms with van der Waals surface area (Å²) in [6, 6.07) is 4.66. The van der Waals surface area contributed by atoms with Crippen molar-refractivity contribution >= 4 is 50.4 Å². The summed E-state index contributed by atoms with van der Waals surface area (Å²) in [4.78, 5) is 12.5. The molecule has 0 fully saturated rings. The summed E-state index contributed by atoms with van der Waals surface area (Å²) < 4.78 is 48.6. The summed E-state index contributed by atoms with van der Waals surface area (Å²) in [6.45, 7) is 1.45. The van der Waals surface area contributed by atoms with Crippen LogP contribution in [0.4, 0.5) is 11.6 Å². The number of carbonyl (C=O) groups is 1. The number of halogens is 1. The molecule has 0 radical (unpaired) electrons. The van der Waals surface area contributed by atoms with E-state index in [-0.39, 0.29) is 50.2 Å². The number of rotatable bonds is 6. The van der Waals surface area contributed by atoms with Crippen LogP contribution in [0.1, 0.15) is 20.9 Å². The van der Waals surface area contributed by atoms with E-state index in [0.717, 1.165) is 11.3 Å². The lowest BCUT2D eigenvalue weighted by Gasteiger charge is -2.14. The molecule has 1 aliphatic heterocycles. The largest absolute Gasteiger partial charge is 0.494 e. The number of thiophene rings is 1. The third kappa shape index (κ3) is 3.68. The van der Waals surface area contributed by atoms with E-state index in [4.69, 9.17) is 30.3 Å². The van der Waals surface area contributed by atoms with Crippen molar-refractivity contribution in [3.63, 3.8) is 0 Å². The molecule has 1 amide bonds. The number of sulfonamides is 1. The van der Waals surface area contributed by atoms with Gasteiger partial charge in [-0.3, -0.25) is 4.79 Å². The zero-order valence-electron chi connectivity index (χ0n) is 16.4. The van der Waals surface area contributed by atoms with Crippen LogP contribution < -0.4 is 24.2 Å². The molecule has 0 spiro atoms. The van der Waals surface area contributed by atoms with Crippen LogP contribution in [0.2, 0.25) is 5.02 Å². The van der Waals surface area contributed by atoms with Crippen molar-refractivity contribution in [3.05, 3.63) is 38.7 Å². The normalized spacial score (nSPS) is 12.3. The Kier molecular flexibility index (Phi) is 5.59. The Morgan fingerprint density at radius 3 is 2.84 bits per heavy atom. The lowest BCUT2D eigenvalue weighted by Crippen LogP contribution is -2.19. The van der Waals surface area contributed by atoms with Gasteiger partial charge in [-0.2, -0.15) is 5.26 Å². The number of aryl methyl sites for hydroxylation is 1. The number of aromatic nitrogens is 1. The molecule has 2 N–H and O–H groups in total. The average Bonchev–Trinajstić information content (AvgIpc) is 3.50. The van der Waals surface area contributed by atoms with Gasteiger partial charge >= 0.3 is 0 Å². The van der Waals surface area contributed by atoms with Crippen molar-refractivity contribution in [1.82, 2.24) is 5.16 Å². The van der Waals surface area contributed by atoms with Crippen LogP contribution in [0, 0.1) is 18.3 Å². The number of nitrogens with one attached hydrogen (secondary N) is 2. The number of nitrogens with zero attached hydrogens (tertiary/aromatic N) is 2. The number of anilines is 2. The zero-order valence-corrected chi connectivity index (χ0v) is 18.8. The third-order valence-electron chi connectivity index (χ3n) is 4.34. The van der Waals surface area contributed by atoms with Gasteiger partial charge < -0.3 is 24.1 Å². The number of nitriles is 1. The number of hydrogen-bond donors (Lipinski definition) is 2. The van der Waals surface area contributed by atoms with Gasteiger partial charge in [-0.1, -0.05) is 16.8 Å². The van der Waals surface area contributed by atoms with E-state index in [1.807, 2.05) is 6.07 Å². The molecular formula is C18H13ClN4O7S2. The fraction of sp³-hybridized carbons (Fsp3) is 0.167. The highest BCUT2D eigenvalue weighted by molar-refractivity contribution is 7.93. The molecule has 1 aromatic carbocycles. The van der Waals surface area contributed by atoms with E-state index < -0.39 is 15.9 Å². The maximum atomic E-state index is 13.0. The first-order valence-electron chi connectivity index (χ1n) is 8.71. The Labute approximate surface area is 190 Å². The highest BCUT2D eigenvalue weighted by Crippen LogP contribution is 2.45. The SMILES string of the molecule is COc1cc2c(c(C#N)c1NC(=O)c1sccc1S(=O)(=O)Nc1onc(C)c1Cl)OCO2. The van der Waals surface area contributed by atoms with Crippen LogP contribution >= 0.6 is 22.9 Å². The van der Waals surface area contributed by atoms with Crippen molar-refractivity contribution in [2.24, 2.45) is 0 Å². The molecule has 0 aliphatic carbocycles. The van der Waals surface area contributed by atoms with Crippen molar-refractivity contribution in [2.45, 2.75) is 11.8 Å². The fourth-order valence-corrected chi connectivity index (χ4v) is 5.35. The zero-order chi connectivity index (χ0) is 23.0. The van der Waals surface area contributed by atoms with Crippen LogP contribution in [-0.4, -0.2) is 33.4 Å². The number of ether oxygens (including phenoxy) is 3. The van der Waals surface area contributed by atoms with Crippen LogP contribution in [0.5, 0.6) is 17.2 Å². The van der Waals surface area contributed by atoms with Gasteiger partial charge in [0.1, 0.15) is 43.6 Å². The summed E-state index contributed by atoms with van der Waals surface area (Å²) in [5.74, 6) is -0.471. The lowest BCUT2D eigenvalue weighted by atomic mass is 10.1. The maximum Gasteiger partial charge on any atom is 0.267 e. The third-order valence-corrected chi connectivity index (χ3v) is 7.20. The average molecular weight is 497 g/mol. The predicted molar refractivity (Wildman–Crippen MR) is 113 cm³/mol. The summed E-state index contributed by atoms with van der Waals surface area (Å²) in [5, 5.41) is 17.1. The molecule has 11 nitrogen and oxygen atoms in total. The molecule has 1 aliphatic rings. The molecule has 166 valence electrons. The van der Waals surface area contributed by atoms with E-state index in [9.17, 15) is 18.5 Å². The lowest BCUT2D eigenvalue weighted by molar-refractivity contribution is 0.102. The minimum absolute atomic E-state index is 0.00133. The maximum absolute atomic E-state index is 13.0. The Bertz CT molecular complexity index is 1370. The Morgan fingerprint density at radius 2 is 2.19 bits per heavy atom. The second-order valence-corrected chi connectivity index (χ2v) is 9.20. The van der Waals surface area contributed by atoms with Gasteiger partial charge in [0, 0.05) is 6.07 Å². The van der Waals surface area contributed by atoms with Crippen LogP contribution in [0.25, 0.3) is 0 Å². The van der Waals surface area contributed by atoms with E-state index in [1.54, 1.807) is 6.92 Å². The van der Waals surface area contributed by atoms with Gasteiger partial charge in [0.25, 0.3) is 21.8 Å². The monoisotopic (exact) mass is 496 g/mol. The van der Waals surface area contributed by atoms with Gasteiger partial charge in [-0.05, 0) is 18.4 Å². The first kappa shape index (κ1) is 21.8. The molecule has 32 heavy (non-hydrogen) atoms.